The zero-order valence-electron chi connectivity index (χ0n) is 17.7. The van der Waals surface area contributed by atoms with E-state index in [9.17, 15) is 9.59 Å². The maximum atomic E-state index is 12.7. The highest BCUT2D eigenvalue weighted by atomic mass is 16.5. The molecule has 1 fully saturated rings. The molecule has 1 atom stereocenters. The van der Waals surface area contributed by atoms with E-state index < -0.39 is 0 Å². The summed E-state index contributed by atoms with van der Waals surface area (Å²) >= 11 is 0. The topological polar surface area (TPSA) is 70.7 Å². The van der Waals surface area contributed by atoms with Crippen molar-refractivity contribution in [2.45, 2.75) is 39.5 Å². The largest absolute Gasteiger partial charge is 0.379 e. The fourth-order valence-corrected chi connectivity index (χ4v) is 3.45. The van der Waals surface area contributed by atoms with E-state index in [4.69, 9.17) is 4.74 Å². The van der Waals surface area contributed by atoms with Gasteiger partial charge in [0.05, 0.1) is 25.7 Å². The fraction of sp³-hybridized carbons (Fsp3) is 0.636. The molecule has 0 aromatic heterocycles. The summed E-state index contributed by atoms with van der Waals surface area (Å²) in [6, 6.07) is 8.23. The van der Waals surface area contributed by atoms with Crippen molar-refractivity contribution in [3.05, 3.63) is 35.4 Å². The van der Waals surface area contributed by atoms with E-state index in [1.807, 2.05) is 26.0 Å². The van der Waals surface area contributed by atoms with E-state index in [1.54, 1.807) is 0 Å². The molecule has 0 bridgehead atoms. The molecule has 1 aromatic rings. The first-order valence-corrected chi connectivity index (χ1v) is 10.3. The van der Waals surface area contributed by atoms with Crippen LogP contribution in [0.2, 0.25) is 0 Å². The molecule has 1 aliphatic heterocycles. The second-order valence-electron chi connectivity index (χ2n) is 8.06. The quantitative estimate of drug-likeness (QED) is 0.679. The van der Waals surface area contributed by atoms with Crippen molar-refractivity contribution in [1.29, 1.82) is 0 Å². The van der Waals surface area contributed by atoms with Gasteiger partial charge in [0, 0.05) is 26.2 Å². The summed E-state index contributed by atoms with van der Waals surface area (Å²) in [4.78, 5) is 27.0. The Balaban J connectivity index is 1.80. The third-order valence-corrected chi connectivity index (χ3v) is 5.19. The number of carbonyl (C=O) groups is 2. The normalized spacial score (nSPS) is 16.2. The van der Waals surface area contributed by atoms with Crippen LogP contribution in [0.5, 0.6) is 0 Å². The third-order valence-electron chi connectivity index (χ3n) is 5.19. The lowest BCUT2D eigenvalue weighted by molar-refractivity contribution is -0.127. The van der Waals surface area contributed by atoms with Crippen LogP contribution in [0.1, 0.15) is 50.7 Å². The van der Waals surface area contributed by atoms with Crippen molar-refractivity contribution in [3.63, 3.8) is 0 Å². The molecule has 0 radical (unpaired) electrons. The van der Waals surface area contributed by atoms with Crippen molar-refractivity contribution in [2.24, 2.45) is 5.92 Å². The number of carbonyl (C=O) groups excluding carboxylic acids is 2. The molecule has 1 heterocycles. The van der Waals surface area contributed by atoms with Crippen LogP contribution in [-0.4, -0.2) is 62.7 Å². The molecule has 0 aliphatic carbocycles. The van der Waals surface area contributed by atoms with Crippen molar-refractivity contribution in [1.82, 2.24) is 15.5 Å². The van der Waals surface area contributed by atoms with E-state index in [-0.39, 0.29) is 30.2 Å². The number of rotatable bonds is 9. The van der Waals surface area contributed by atoms with E-state index in [0.717, 1.165) is 38.4 Å². The van der Waals surface area contributed by atoms with Gasteiger partial charge in [0.1, 0.15) is 0 Å². The van der Waals surface area contributed by atoms with E-state index >= 15 is 0 Å². The van der Waals surface area contributed by atoms with Gasteiger partial charge in [0.2, 0.25) is 11.8 Å². The van der Waals surface area contributed by atoms with Gasteiger partial charge in [-0.1, -0.05) is 52.0 Å². The molecule has 2 rings (SSSR count). The first-order chi connectivity index (χ1) is 13.4. The van der Waals surface area contributed by atoms with Gasteiger partial charge < -0.3 is 15.4 Å². The van der Waals surface area contributed by atoms with Crippen molar-refractivity contribution in [3.8, 4) is 0 Å². The Hall–Kier alpha value is -1.92. The molecule has 28 heavy (non-hydrogen) atoms. The summed E-state index contributed by atoms with van der Waals surface area (Å²) in [6.45, 7) is 13.1. The molecule has 2 N–H and O–H groups in total. The summed E-state index contributed by atoms with van der Waals surface area (Å²) in [5, 5.41) is 5.68. The smallest absolute Gasteiger partial charge is 0.239 e. The minimum Gasteiger partial charge on any atom is -0.379 e. The van der Waals surface area contributed by atoms with Crippen LogP contribution >= 0.6 is 0 Å². The predicted octanol–water partition coefficient (Wildman–Crippen LogP) is 2.11. The second-order valence-corrected chi connectivity index (χ2v) is 8.06. The summed E-state index contributed by atoms with van der Waals surface area (Å²) in [7, 11) is 0. The first-order valence-electron chi connectivity index (χ1n) is 10.3. The molecule has 1 aliphatic rings. The van der Waals surface area contributed by atoms with Gasteiger partial charge in [-0.25, -0.2) is 0 Å². The van der Waals surface area contributed by atoms with Crippen LogP contribution in [0.25, 0.3) is 0 Å². The zero-order chi connectivity index (χ0) is 20.5. The highest BCUT2D eigenvalue weighted by Gasteiger charge is 2.24. The van der Waals surface area contributed by atoms with Gasteiger partial charge in [-0.3, -0.25) is 14.5 Å². The molecule has 156 valence electrons. The third kappa shape index (κ3) is 6.91. The van der Waals surface area contributed by atoms with Gasteiger partial charge in [0.15, 0.2) is 0 Å². The van der Waals surface area contributed by atoms with E-state index in [1.165, 1.54) is 5.56 Å². The number of amides is 2. The molecular weight excluding hydrogens is 354 g/mol. The number of nitrogens with zero attached hydrogens (tertiary/aromatic N) is 1. The number of hydrogen-bond donors (Lipinski definition) is 2. The predicted molar refractivity (Wildman–Crippen MR) is 111 cm³/mol. The monoisotopic (exact) mass is 389 g/mol. The lowest BCUT2D eigenvalue weighted by atomic mass is 9.86. The number of morpholine rings is 1. The summed E-state index contributed by atoms with van der Waals surface area (Å²) < 4.78 is 5.31. The molecule has 6 heteroatoms. The Morgan fingerprint density at radius 3 is 2.18 bits per heavy atom. The van der Waals surface area contributed by atoms with Gasteiger partial charge in [-0.05, 0) is 23.0 Å². The van der Waals surface area contributed by atoms with E-state index in [2.05, 4.69) is 41.5 Å². The molecule has 0 saturated carbocycles. The van der Waals surface area contributed by atoms with Crippen LogP contribution < -0.4 is 10.6 Å². The van der Waals surface area contributed by atoms with Crippen molar-refractivity contribution in [2.75, 3.05) is 45.9 Å². The Morgan fingerprint density at radius 2 is 1.61 bits per heavy atom. The number of ether oxygens (including phenoxy) is 1. The first kappa shape index (κ1) is 22.4. The Morgan fingerprint density at radius 1 is 1.00 bits per heavy atom. The van der Waals surface area contributed by atoms with Crippen LogP contribution in [0.3, 0.4) is 0 Å². The minimum atomic E-state index is -0.262. The summed E-state index contributed by atoms with van der Waals surface area (Å²) in [6.07, 6.45) is 0. The zero-order valence-corrected chi connectivity index (χ0v) is 17.7. The maximum Gasteiger partial charge on any atom is 0.239 e. The molecule has 1 unspecified atom stereocenters. The minimum absolute atomic E-state index is 0.00917. The average Bonchev–Trinajstić information content (AvgIpc) is 2.67. The standard InChI is InChI=1S/C22H35N3O3/c1-16(2)18-5-7-19(8-6-18)21(17(3)4)22(27)24-15-20(26)23-9-10-25-11-13-28-14-12-25/h5-8,16-17,21H,9-15H2,1-4H3,(H,23,26)(H,24,27). The van der Waals surface area contributed by atoms with Crippen LogP contribution in [0.4, 0.5) is 0 Å². The van der Waals surface area contributed by atoms with Gasteiger partial charge in [-0.2, -0.15) is 0 Å². The molecule has 1 aromatic carbocycles. The highest BCUT2D eigenvalue weighted by molar-refractivity contribution is 5.88. The number of nitrogens with one attached hydrogen (secondary N) is 2. The van der Waals surface area contributed by atoms with Gasteiger partial charge in [-0.15, -0.1) is 0 Å². The second kappa shape index (κ2) is 11.2. The SMILES string of the molecule is CC(C)c1ccc(C(C(=O)NCC(=O)NCCN2CCOCC2)C(C)C)cc1. The van der Waals surface area contributed by atoms with Crippen LogP contribution in [0.15, 0.2) is 24.3 Å². The molecular formula is C22H35N3O3. The number of benzene rings is 1. The van der Waals surface area contributed by atoms with Gasteiger partial charge in [0.25, 0.3) is 0 Å². The Labute approximate surface area is 169 Å². The lowest BCUT2D eigenvalue weighted by Crippen LogP contribution is -2.44. The summed E-state index contributed by atoms with van der Waals surface area (Å²) in [5.74, 6) is 0.0908. The molecule has 6 nitrogen and oxygen atoms in total. The molecule has 0 spiro atoms. The average molecular weight is 390 g/mol. The molecule has 1 saturated heterocycles. The molecule has 2 amide bonds. The fourth-order valence-electron chi connectivity index (χ4n) is 3.45. The maximum absolute atomic E-state index is 12.7. The Kier molecular flexibility index (Phi) is 8.93. The van der Waals surface area contributed by atoms with Crippen LogP contribution in [-0.2, 0) is 14.3 Å². The van der Waals surface area contributed by atoms with E-state index in [0.29, 0.717) is 12.5 Å². The summed E-state index contributed by atoms with van der Waals surface area (Å²) in [5.41, 5.74) is 2.25. The van der Waals surface area contributed by atoms with Crippen molar-refractivity contribution >= 4 is 11.8 Å². The Bertz CT molecular complexity index is 622. The van der Waals surface area contributed by atoms with Crippen LogP contribution in [0, 0.1) is 5.92 Å². The highest BCUT2D eigenvalue weighted by Crippen LogP contribution is 2.26. The van der Waals surface area contributed by atoms with Crippen molar-refractivity contribution < 1.29 is 14.3 Å². The lowest BCUT2D eigenvalue weighted by Gasteiger charge is -2.26. The van der Waals surface area contributed by atoms with Gasteiger partial charge >= 0.3 is 0 Å². The number of hydrogen-bond acceptors (Lipinski definition) is 4.